The summed E-state index contributed by atoms with van der Waals surface area (Å²) in [6.45, 7) is 6.29. The zero-order valence-corrected chi connectivity index (χ0v) is 23.7. The summed E-state index contributed by atoms with van der Waals surface area (Å²) < 4.78 is 10.4. The van der Waals surface area contributed by atoms with Crippen molar-refractivity contribution in [1.29, 1.82) is 0 Å². The number of methoxy groups -OCH3 is 1. The third-order valence-corrected chi connectivity index (χ3v) is 8.58. The number of Topliss-reactive ketones (excluding diaryl/α,β-unsaturated/α-hetero) is 1. The Morgan fingerprint density at radius 3 is 2.46 bits per heavy atom. The maximum atomic E-state index is 13.8. The first kappa shape index (κ1) is 29.2. The number of aromatic nitrogens is 1. The number of rotatable bonds is 12. The number of ether oxygens (including phenoxy) is 2. The molecule has 10 heteroatoms. The minimum absolute atomic E-state index is 0.0241. The zero-order valence-electron chi connectivity index (χ0n) is 22.9. The summed E-state index contributed by atoms with van der Waals surface area (Å²) in [4.78, 5) is 59.1. The average molecular weight is 536 g/mol. The molecule has 206 valence electrons. The highest BCUT2D eigenvalue weighted by atomic mass is 32.1. The molecule has 0 N–H and O–H groups in total. The number of piperidine rings is 1. The second-order valence-corrected chi connectivity index (χ2v) is 11.7. The molecule has 9 nitrogen and oxygen atoms in total. The number of carbonyl (C=O) groups excluding carboxylic acids is 4. The molecular weight excluding hydrogens is 494 g/mol. The molecule has 0 aromatic carbocycles. The summed E-state index contributed by atoms with van der Waals surface area (Å²) >= 11 is 1.22. The van der Waals surface area contributed by atoms with Crippen LogP contribution in [0.15, 0.2) is 5.38 Å². The van der Waals surface area contributed by atoms with Gasteiger partial charge in [0.1, 0.15) is 5.01 Å². The van der Waals surface area contributed by atoms with E-state index in [1.54, 1.807) is 17.3 Å². The third kappa shape index (κ3) is 7.60. The van der Waals surface area contributed by atoms with Gasteiger partial charge in [0.25, 0.3) is 0 Å². The van der Waals surface area contributed by atoms with Crippen LogP contribution in [0, 0.1) is 17.8 Å². The highest BCUT2D eigenvalue weighted by molar-refractivity contribution is 7.09. The number of likely N-dealkylation sites (tertiary alicyclic amines) is 1. The van der Waals surface area contributed by atoms with E-state index in [0.29, 0.717) is 11.4 Å². The van der Waals surface area contributed by atoms with Gasteiger partial charge in [0.2, 0.25) is 5.91 Å². The van der Waals surface area contributed by atoms with E-state index in [2.05, 4.69) is 9.88 Å². The molecule has 0 bridgehead atoms. The predicted molar refractivity (Wildman–Crippen MR) is 140 cm³/mol. The van der Waals surface area contributed by atoms with Crippen LogP contribution < -0.4 is 0 Å². The van der Waals surface area contributed by atoms with Gasteiger partial charge < -0.3 is 14.4 Å². The number of nitrogens with zero attached hydrogens (tertiary/aromatic N) is 3. The molecule has 1 aromatic rings. The first-order valence-corrected chi connectivity index (χ1v) is 14.1. The van der Waals surface area contributed by atoms with E-state index in [4.69, 9.17) is 9.47 Å². The van der Waals surface area contributed by atoms with Crippen LogP contribution >= 0.6 is 11.3 Å². The Labute approximate surface area is 223 Å². The highest BCUT2D eigenvalue weighted by Gasteiger charge is 2.42. The Bertz CT molecular complexity index is 975. The van der Waals surface area contributed by atoms with Gasteiger partial charge in [-0.2, -0.15) is 0 Å². The largest absolute Gasteiger partial charge is 0.464 e. The fourth-order valence-electron chi connectivity index (χ4n) is 5.34. The van der Waals surface area contributed by atoms with Gasteiger partial charge in [0.15, 0.2) is 17.6 Å². The maximum Gasteiger partial charge on any atom is 0.357 e. The topological polar surface area (TPSA) is 106 Å². The van der Waals surface area contributed by atoms with E-state index < -0.39 is 18.0 Å². The minimum atomic E-state index is -0.708. The van der Waals surface area contributed by atoms with Crippen molar-refractivity contribution in [3.8, 4) is 0 Å². The molecule has 3 rings (SSSR count). The molecule has 0 spiro atoms. The van der Waals surface area contributed by atoms with E-state index in [1.165, 1.54) is 25.4 Å². The Balaban J connectivity index is 1.77. The molecule has 4 atom stereocenters. The smallest absolute Gasteiger partial charge is 0.357 e. The van der Waals surface area contributed by atoms with E-state index >= 15 is 0 Å². The van der Waals surface area contributed by atoms with Gasteiger partial charge in [-0.3, -0.25) is 19.3 Å². The zero-order chi connectivity index (χ0) is 27.3. The van der Waals surface area contributed by atoms with Gasteiger partial charge >= 0.3 is 11.9 Å². The Hall–Kier alpha value is -2.33. The van der Waals surface area contributed by atoms with Crippen molar-refractivity contribution in [3.63, 3.8) is 0 Å². The van der Waals surface area contributed by atoms with E-state index in [-0.39, 0.29) is 53.6 Å². The van der Waals surface area contributed by atoms with E-state index in [1.807, 2.05) is 20.9 Å². The highest BCUT2D eigenvalue weighted by Crippen LogP contribution is 2.41. The normalized spacial score (nSPS) is 20.7. The summed E-state index contributed by atoms with van der Waals surface area (Å²) in [5.41, 5.74) is 0.158. The molecule has 2 heterocycles. The minimum Gasteiger partial charge on any atom is -0.464 e. The number of ketones is 1. The van der Waals surface area contributed by atoms with Crippen molar-refractivity contribution >= 4 is 35.0 Å². The fourth-order valence-corrected chi connectivity index (χ4v) is 6.17. The molecule has 0 radical (unpaired) electrons. The number of likely N-dealkylation sites (N-methyl/N-ethyl adjacent to an activating group) is 1. The summed E-state index contributed by atoms with van der Waals surface area (Å²) in [6.07, 6.45) is 4.85. The van der Waals surface area contributed by atoms with Crippen molar-refractivity contribution in [2.24, 2.45) is 17.8 Å². The summed E-state index contributed by atoms with van der Waals surface area (Å²) in [7, 11) is 5.07. The molecule has 1 aromatic heterocycles. The van der Waals surface area contributed by atoms with E-state index in [9.17, 15) is 19.2 Å². The summed E-state index contributed by atoms with van der Waals surface area (Å²) in [5, 5.41) is 2.06. The molecule has 1 saturated carbocycles. The van der Waals surface area contributed by atoms with Crippen LogP contribution in [0.25, 0.3) is 0 Å². The number of esters is 2. The van der Waals surface area contributed by atoms with Crippen LogP contribution in [0.3, 0.4) is 0 Å². The molecule has 2 aliphatic rings. The standard InChI is InChI=1S/C27H41N3O6S/c1-16(2)22(14-24(36-17(3)31)25-28-20(15-37-25)27(34)35-6)30(5)26(33)19(18-10-11-18)13-23(32)21-9-7-8-12-29(21)4/h15-16,18-19,21-22,24H,7-14H2,1-6H3/t19-,21+,22+,24+/m0/s1. The van der Waals surface area contributed by atoms with Gasteiger partial charge in [0, 0.05) is 44.2 Å². The second-order valence-electron chi connectivity index (χ2n) is 10.8. The summed E-state index contributed by atoms with van der Waals surface area (Å²) in [6, 6.07) is -0.354. The van der Waals surface area contributed by atoms with Crippen molar-refractivity contribution in [3.05, 3.63) is 16.1 Å². The molecule has 2 fully saturated rings. The predicted octanol–water partition coefficient (Wildman–Crippen LogP) is 3.88. The van der Waals surface area contributed by atoms with Crippen molar-refractivity contribution in [2.75, 3.05) is 27.7 Å². The van der Waals surface area contributed by atoms with Gasteiger partial charge in [-0.1, -0.05) is 20.3 Å². The summed E-state index contributed by atoms with van der Waals surface area (Å²) in [5.74, 6) is -0.904. The second kappa shape index (κ2) is 13.0. The molecule has 1 amide bonds. The van der Waals surface area contributed by atoms with Crippen LogP contribution in [0.4, 0.5) is 0 Å². The van der Waals surface area contributed by atoms with Crippen LogP contribution in [-0.4, -0.2) is 78.2 Å². The number of hydrogen-bond donors (Lipinski definition) is 0. The number of amides is 1. The number of hydrogen-bond acceptors (Lipinski definition) is 9. The Morgan fingerprint density at radius 2 is 1.89 bits per heavy atom. The van der Waals surface area contributed by atoms with Crippen LogP contribution in [-0.2, 0) is 23.9 Å². The Morgan fingerprint density at radius 1 is 1.19 bits per heavy atom. The number of carbonyl (C=O) groups is 4. The lowest BCUT2D eigenvalue weighted by Gasteiger charge is -2.36. The Kier molecular flexibility index (Phi) is 10.2. The van der Waals surface area contributed by atoms with Crippen molar-refractivity contribution in [2.45, 2.75) is 83.9 Å². The molecule has 37 heavy (non-hydrogen) atoms. The van der Waals surface area contributed by atoms with Crippen molar-refractivity contribution in [1.82, 2.24) is 14.8 Å². The molecule has 0 unspecified atom stereocenters. The maximum absolute atomic E-state index is 13.8. The molecular formula is C27H41N3O6S. The molecule has 1 saturated heterocycles. The molecule has 1 aliphatic heterocycles. The van der Waals surface area contributed by atoms with Crippen molar-refractivity contribution < 1.29 is 28.7 Å². The third-order valence-electron chi connectivity index (χ3n) is 7.64. The monoisotopic (exact) mass is 535 g/mol. The lowest BCUT2D eigenvalue weighted by molar-refractivity contribution is -0.149. The average Bonchev–Trinajstić information content (AvgIpc) is 3.58. The van der Waals surface area contributed by atoms with Gasteiger partial charge in [0.05, 0.1) is 13.2 Å². The van der Waals surface area contributed by atoms with Gasteiger partial charge in [-0.25, -0.2) is 9.78 Å². The van der Waals surface area contributed by atoms with Crippen LogP contribution in [0.5, 0.6) is 0 Å². The van der Waals surface area contributed by atoms with Gasteiger partial charge in [-0.05, 0) is 51.1 Å². The van der Waals surface area contributed by atoms with Gasteiger partial charge in [-0.15, -0.1) is 11.3 Å². The quantitative estimate of drug-likeness (QED) is 0.371. The van der Waals surface area contributed by atoms with Crippen LogP contribution in [0.2, 0.25) is 0 Å². The lowest BCUT2D eigenvalue weighted by Crippen LogP contribution is -2.47. The first-order valence-electron chi connectivity index (χ1n) is 13.2. The fraction of sp³-hybridized carbons (Fsp3) is 0.741. The number of thiazole rings is 1. The first-order chi connectivity index (χ1) is 17.5. The lowest BCUT2D eigenvalue weighted by atomic mass is 9.88. The SMILES string of the molecule is COC(=O)c1csc([C@@H](C[C@H](C(C)C)N(C)C(=O)[C@@H](CC(=O)[C@H]2CCCCN2C)C2CC2)OC(C)=O)n1. The van der Waals surface area contributed by atoms with Crippen LogP contribution in [0.1, 0.15) is 87.3 Å². The van der Waals surface area contributed by atoms with E-state index in [0.717, 1.165) is 38.6 Å². The molecule has 1 aliphatic carbocycles.